The molecule has 4 atom stereocenters. The number of carboxylic acids is 1. The summed E-state index contributed by atoms with van der Waals surface area (Å²) in [5, 5.41) is 9.00. The first kappa shape index (κ1) is 26.3. The monoisotopic (exact) mass is 425 g/mol. The molecule has 2 rings (SSSR count). The Balaban J connectivity index is 0.000000340. The summed E-state index contributed by atoms with van der Waals surface area (Å²) in [6.45, 7) is 11.9. The van der Waals surface area contributed by atoms with Gasteiger partial charge in [0.1, 0.15) is 5.60 Å². The van der Waals surface area contributed by atoms with E-state index in [0.717, 1.165) is 12.8 Å². The highest BCUT2D eigenvalue weighted by molar-refractivity contribution is 6.41. The molecule has 0 aliphatic heterocycles. The van der Waals surface area contributed by atoms with E-state index in [1.165, 1.54) is 0 Å². The Labute approximate surface area is 180 Å². The molecule has 0 heterocycles. The third kappa shape index (κ3) is 6.37. The van der Waals surface area contributed by atoms with Gasteiger partial charge in [0, 0.05) is 18.4 Å². The smallest absolute Gasteiger partial charge is 0.309 e. The molecular formula is C23H39NO6. The van der Waals surface area contributed by atoms with Crippen LogP contribution in [0.15, 0.2) is 0 Å². The van der Waals surface area contributed by atoms with Gasteiger partial charge in [-0.15, -0.1) is 0 Å². The van der Waals surface area contributed by atoms with Crippen molar-refractivity contribution in [3.8, 4) is 0 Å². The number of esters is 1. The molecule has 1 N–H and O–H groups in total. The topological polar surface area (TPSA) is 101 Å². The van der Waals surface area contributed by atoms with Gasteiger partial charge in [-0.05, 0) is 59.0 Å². The van der Waals surface area contributed by atoms with E-state index in [0.29, 0.717) is 19.4 Å². The average Bonchev–Trinajstić information content (AvgIpc) is 2.97. The minimum absolute atomic E-state index is 0.0336. The first-order chi connectivity index (χ1) is 13.6. The molecule has 2 bridgehead atoms. The Kier molecular flexibility index (Phi) is 8.79. The van der Waals surface area contributed by atoms with Crippen LogP contribution in [-0.4, -0.2) is 59.8 Å². The van der Waals surface area contributed by atoms with Gasteiger partial charge in [-0.25, -0.2) is 0 Å². The second-order valence-corrected chi connectivity index (χ2v) is 10.2. The quantitative estimate of drug-likeness (QED) is 0.471. The zero-order chi connectivity index (χ0) is 23.4. The zero-order valence-corrected chi connectivity index (χ0v) is 19.8. The number of carbonyl (C=O) groups is 4. The Morgan fingerprint density at radius 1 is 1.17 bits per heavy atom. The maximum Gasteiger partial charge on any atom is 0.309 e. The van der Waals surface area contributed by atoms with Crippen molar-refractivity contribution >= 4 is 23.5 Å². The Bertz CT molecular complexity index is 643. The van der Waals surface area contributed by atoms with Crippen molar-refractivity contribution in [2.45, 2.75) is 72.8 Å². The van der Waals surface area contributed by atoms with Crippen LogP contribution in [0.4, 0.5) is 0 Å². The van der Waals surface area contributed by atoms with E-state index in [1.807, 2.05) is 53.6 Å². The van der Waals surface area contributed by atoms with Gasteiger partial charge in [-0.3, -0.25) is 19.2 Å². The number of Topliss-reactive ketones (excluding diaryl/α,β-unsaturated/α-hetero) is 2. The number of aliphatic carboxylic acids is 1. The van der Waals surface area contributed by atoms with E-state index in [9.17, 15) is 19.2 Å². The molecular weight excluding hydrogens is 386 g/mol. The van der Waals surface area contributed by atoms with Crippen molar-refractivity contribution in [1.29, 1.82) is 0 Å². The van der Waals surface area contributed by atoms with Crippen LogP contribution in [0.25, 0.3) is 0 Å². The van der Waals surface area contributed by atoms with E-state index in [4.69, 9.17) is 9.84 Å². The maximum atomic E-state index is 12.0. The second-order valence-electron chi connectivity index (χ2n) is 10.2. The van der Waals surface area contributed by atoms with Gasteiger partial charge in [0.05, 0.1) is 11.8 Å². The highest BCUT2D eigenvalue weighted by atomic mass is 16.6. The van der Waals surface area contributed by atoms with Crippen LogP contribution in [0.5, 0.6) is 0 Å². The van der Waals surface area contributed by atoms with E-state index in [2.05, 4.69) is 0 Å². The van der Waals surface area contributed by atoms with Gasteiger partial charge in [0.25, 0.3) is 0 Å². The number of nitrogens with zero attached hydrogens (tertiary/aromatic N) is 1. The van der Waals surface area contributed by atoms with Gasteiger partial charge in [-0.1, -0.05) is 27.7 Å². The first-order valence-electron chi connectivity index (χ1n) is 10.8. The van der Waals surface area contributed by atoms with Crippen LogP contribution in [-0.2, 0) is 23.9 Å². The van der Waals surface area contributed by atoms with E-state index in [1.54, 1.807) is 6.92 Å². The van der Waals surface area contributed by atoms with Crippen molar-refractivity contribution in [1.82, 2.24) is 4.90 Å². The second kappa shape index (κ2) is 10.0. The third-order valence-corrected chi connectivity index (χ3v) is 6.37. The van der Waals surface area contributed by atoms with Crippen LogP contribution in [0, 0.1) is 29.1 Å². The number of carboxylic acid groups (broad SMARTS) is 1. The molecule has 2 aliphatic carbocycles. The molecule has 0 spiro atoms. The molecule has 7 nitrogen and oxygen atoms in total. The summed E-state index contributed by atoms with van der Waals surface area (Å²) in [5.74, 6) is -2.19. The lowest BCUT2D eigenvalue weighted by Crippen LogP contribution is -2.40. The lowest BCUT2D eigenvalue weighted by Gasteiger charge is -2.30. The molecule has 7 heteroatoms. The third-order valence-electron chi connectivity index (χ3n) is 6.37. The summed E-state index contributed by atoms with van der Waals surface area (Å²) in [4.78, 5) is 47.4. The molecule has 0 aromatic heterocycles. The number of likely N-dealkylation sites (N-methyl/N-ethyl adjacent to an activating group) is 1. The molecule has 4 unspecified atom stereocenters. The molecule has 2 fully saturated rings. The largest absolute Gasteiger partial charge is 0.481 e. The SMILES string of the molecule is CC1(C)C2CCC1C(=O)C2=O.CCC(CC(C)C(=O)OC(C)(C)CN(C)C)C(=O)O. The Morgan fingerprint density at radius 3 is 1.93 bits per heavy atom. The maximum absolute atomic E-state index is 12.0. The molecule has 30 heavy (non-hydrogen) atoms. The van der Waals surface area contributed by atoms with Crippen molar-refractivity contribution in [3.05, 3.63) is 0 Å². The molecule has 0 aromatic rings. The van der Waals surface area contributed by atoms with Gasteiger partial charge in [0.15, 0.2) is 0 Å². The summed E-state index contributed by atoms with van der Waals surface area (Å²) in [6.07, 6.45) is 2.71. The summed E-state index contributed by atoms with van der Waals surface area (Å²) in [5.41, 5.74) is -0.603. The summed E-state index contributed by atoms with van der Waals surface area (Å²) in [6, 6.07) is 0. The Morgan fingerprint density at radius 2 is 1.63 bits per heavy atom. The average molecular weight is 426 g/mol. The minimum atomic E-state index is -0.852. The van der Waals surface area contributed by atoms with Crippen LogP contribution in [0.3, 0.4) is 0 Å². The Hall–Kier alpha value is -1.76. The van der Waals surface area contributed by atoms with Crippen LogP contribution in [0.1, 0.15) is 67.2 Å². The normalized spacial score (nSPS) is 24.3. The number of carbonyl (C=O) groups excluding carboxylic acids is 3. The fraction of sp³-hybridized carbons (Fsp3) is 0.826. The van der Waals surface area contributed by atoms with Gasteiger partial charge in [-0.2, -0.15) is 0 Å². The predicted molar refractivity (Wildman–Crippen MR) is 114 cm³/mol. The van der Waals surface area contributed by atoms with E-state index < -0.39 is 23.4 Å². The highest BCUT2D eigenvalue weighted by Crippen LogP contribution is 2.53. The highest BCUT2D eigenvalue weighted by Gasteiger charge is 2.58. The van der Waals surface area contributed by atoms with E-state index >= 15 is 0 Å². The molecule has 2 saturated carbocycles. The molecule has 0 aromatic carbocycles. The van der Waals surface area contributed by atoms with Crippen molar-refractivity contribution in [3.63, 3.8) is 0 Å². The first-order valence-corrected chi connectivity index (χ1v) is 10.8. The number of hydrogen-bond donors (Lipinski definition) is 1. The molecule has 0 saturated heterocycles. The molecule has 172 valence electrons. The van der Waals surface area contributed by atoms with Crippen LogP contribution >= 0.6 is 0 Å². The number of rotatable bonds is 8. The number of ketones is 2. The van der Waals surface area contributed by atoms with Gasteiger partial charge in [0.2, 0.25) is 11.6 Å². The predicted octanol–water partition coefficient (Wildman–Crippen LogP) is 3.20. The van der Waals surface area contributed by atoms with Gasteiger partial charge >= 0.3 is 11.9 Å². The summed E-state index contributed by atoms with van der Waals surface area (Å²) >= 11 is 0. The lowest BCUT2D eigenvalue weighted by atomic mass is 9.82. The van der Waals surface area contributed by atoms with Crippen molar-refractivity contribution in [2.75, 3.05) is 20.6 Å². The molecule has 0 radical (unpaired) electrons. The van der Waals surface area contributed by atoms with Crippen molar-refractivity contribution < 1.29 is 29.0 Å². The van der Waals surface area contributed by atoms with Gasteiger partial charge < -0.3 is 14.7 Å². The number of hydrogen-bond acceptors (Lipinski definition) is 6. The number of ether oxygens (including phenoxy) is 1. The summed E-state index contributed by atoms with van der Waals surface area (Å²) < 4.78 is 5.46. The molecule has 0 amide bonds. The lowest BCUT2D eigenvalue weighted by molar-refractivity contribution is -0.163. The fourth-order valence-electron chi connectivity index (χ4n) is 4.73. The zero-order valence-electron chi connectivity index (χ0n) is 19.8. The number of fused-ring (bicyclic) bond motifs is 2. The van der Waals surface area contributed by atoms with Crippen LogP contribution in [0.2, 0.25) is 0 Å². The van der Waals surface area contributed by atoms with Crippen molar-refractivity contribution in [2.24, 2.45) is 29.1 Å². The summed E-state index contributed by atoms with van der Waals surface area (Å²) in [7, 11) is 3.83. The van der Waals surface area contributed by atoms with Crippen LogP contribution < -0.4 is 0 Å². The van der Waals surface area contributed by atoms with E-state index in [-0.39, 0.29) is 34.8 Å². The minimum Gasteiger partial charge on any atom is -0.481 e. The standard InChI is InChI=1S/C14H27NO4.C9H12O2/c1-7-11(12(16)17)8-10(2)13(18)19-14(3,4)9-15(5)6;1-9(2)5-3-4-6(9)8(11)7(5)10/h10-11H,7-9H2,1-6H3,(H,16,17);5-6H,3-4H2,1-2H3. The fourth-order valence-corrected chi connectivity index (χ4v) is 4.73. The molecule has 2 aliphatic rings.